The zero-order chi connectivity index (χ0) is 15.7. The van der Waals surface area contributed by atoms with Crippen molar-refractivity contribution in [1.82, 2.24) is 0 Å². The molecule has 3 heteroatoms. The molecule has 1 aromatic rings. The molecule has 1 aliphatic carbocycles. The van der Waals surface area contributed by atoms with Crippen molar-refractivity contribution in [3.05, 3.63) is 29.1 Å². The number of ether oxygens (including phenoxy) is 1. The lowest BCUT2D eigenvalue weighted by Gasteiger charge is -2.26. The summed E-state index contributed by atoms with van der Waals surface area (Å²) in [4.78, 5) is 11.7. The minimum Gasteiger partial charge on any atom is -0.423 e. The van der Waals surface area contributed by atoms with Crippen LogP contribution in [-0.4, -0.2) is 5.97 Å². The molecule has 1 unspecified atom stereocenters. The number of halogens is 1. The van der Waals surface area contributed by atoms with E-state index >= 15 is 0 Å². The predicted molar refractivity (Wildman–Crippen MR) is 84.3 cm³/mol. The number of hydrogen-bond donors (Lipinski definition) is 0. The fraction of sp³-hybridized carbons (Fsp3) is 0.632. The second kappa shape index (κ2) is 6.39. The smallest absolute Gasteiger partial charge is 0.314 e. The van der Waals surface area contributed by atoms with Gasteiger partial charge in [0.25, 0.3) is 0 Å². The zero-order valence-electron chi connectivity index (χ0n) is 13.5. The van der Waals surface area contributed by atoms with Gasteiger partial charge in [0.05, 0.1) is 5.92 Å². The van der Waals surface area contributed by atoms with Gasteiger partial charge in [0.15, 0.2) is 11.6 Å². The van der Waals surface area contributed by atoms with E-state index in [9.17, 15) is 9.18 Å². The lowest BCUT2D eigenvalue weighted by Crippen LogP contribution is -2.26. The number of esters is 1. The van der Waals surface area contributed by atoms with Crippen LogP contribution in [0.4, 0.5) is 4.39 Å². The Morgan fingerprint density at radius 1 is 1.18 bits per heavy atom. The van der Waals surface area contributed by atoms with Crippen LogP contribution in [0, 0.1) is 23.6 Å². The van der Waals surface area contributed by atoms with E-state index in [4.69, 9.17) is 4.74 Å². The van der Waals surface area contributed by atoms with Gasteiger partial charge in [-0.2, -0.15) is 0 Å². The van der Waals surface area contributed by atoms with Crippen molar-refractivity contribution in [3.63, 3.8) is 0 Å². The first-order chi connectivity index (χ1) is 10.5. The molecule has 0 bridgehead atoms. The Labute approximate surface area is 132 Å². The van der Waals surface area contributed by atoms with Gasteiger partial charge in [-0.1, -0.05) is 51.7 Å². The fourth-order valence-electron chi connectivity index (χ4n) is 3.69. The predicted octanol–water partition coefficient (Wildman–Crippen LogP) is 4.68. The van der Waals surface area contributed by atoms with Gasteiger partial charge >= 0.3 is 5.97 Å². The summed E-state index contributed by atoms with van der Waals surface area (Å²) < 4.78 is 19.8. The molecule has 0 radical (unpaired) electrons. The molecule has 1 heterocycles. The van der Waals surface area contributed by atoms with E-state index in [0.29, 0.717) is 17.9 Å². The van der Waals surface area contributed by atoms with Crippen LogP contribution >= 0.6 is 0 Å². The normalized spacial score (nSPS) is 28.1. The Kier molecular flexibility index (Phi) is 4.51. The molecule has 1 fully saturated rings. The standard InChI is InChI=1S/C19H25FO2/c1-12-3-5-14(6-4-12)7-8-15-9-10-16-11-13(2)19(21)22-18(16)17(15)20/h9-10,12-14H,3-8,11H2,1-2H3. The third kappa shape index (κ3) is 3.18. The summed E-state index contributed by atoms with van der Waals surface area (Å²) in [5.74, 6) is 0.930. The number of aryl methyl sites for hydroxylation is 1. The maximum Gasteiger partial charge on any atom is 0.314 e. The average molecular weight is 304 g/mol. The summed E-state index contributed by atoms with van der Waals surface area (Å²) in [7, 11) is 0. The Hall–Kier alpha value is -1.38. The molecule has 1 atom stereocenters. The lowest BCUT2D eigenvalue weighted by atomic mass is 9.80. The second-order valence-electron chi connectivity index (χ2n) is 7.22. The number of rotatable bonds is 3. The van der Waals surface area contributed by atoms with Gasteiger partial charge in [0, 0.05) is 0 Å². The molecule has 0 amide bonds. The van der Waals surface area contributed by atoms with Gasteiger partial charge in [-0.3, -0.25) is 4.79 Å². The van der Waals surface area contributed by atoms with Crippen LogP contribution in [0.1, 0.15) is 57.1 Å². The van der Waals surface area contributed by atoms with Gasteiger partial charge in [-0.05, 0) is 42.2 Å². The van der Waals surface area contributed by atoms with Crippen LogP contribution < -0.4 is 4.74 Å². The highest BCUT2D eigenvalue weighted by atomic mass is 19.1. The lowest BCUT2D eigenvalue weighted by molar-refractivity contribution is -0.139. The van der Waals surface area contributed by atoms with Crippen LogP contribution in [0.15, 0.2) is 12.1 Å². The first-order valence-corrected chi connectivity index (χ1v) is 8.56. The minimum absolute atomic E-state index is 0.179. The molecular formula is C19H25FO2. The molecule has 1 aliphatic heterocycles. The molecule has 0 aromatic heterocycles. The average Bonchev–Trinajstić information content (AvgIpc) is 2.50. The van der Waals surface area contributed by atoms with Crippen LogP contribution in [0.3, 0.4) is 0 Å². The van der Waals surface area contributed by atoms with E-state index in [1.807, 2.05) is 19.1 Å². The minimum atomic E-state index is -0.318. The van der Waals surface area contributed by atoms with E-state index < -0.39 is 0 Å². The number of carbonyl (C=O) groups is 1. The Bertz CT molecular complexity index is 559. The van der Waals surface area contributed by atoms with E-state index in [0.717, 1.165) is 24.3 Å². The largest absolute Gasteiger partial charge is 0.423 e. The molecule has 120 valence electrons. The molecule has 1 aromatic carbocycles. The van der Waals surface area contributed by atoms with Crippen molar-refractivity contribution in [1.29, 1.82) is 0 Å². The second-order valence-corrected chi connectivity index (χ2v) is 7.22. The summed E-state index contributed by atoms with van der Waals surface area (Å²) in [6, 6.07) is 3.81. The van der Waals surface area contributed by atoms with Crippen molar-refractivity contribution in [2.24, 2.45) is 17.8 Å². The van der Waals surface area contributed by atoms with Crippen LogP contribution in [0.5, 0.6) is 5.75 Å². The number of hydrogen-bond acceptors (Lipinski definition) is 2. The van der Waals surface area contributed by atoms with Crippen molar-refractivity contribution in [3.8, 4) is 5.75 Å². The van der Waals surface area contributed by atoms with Crippen molar-refractivity contribution in [2.45, 2.75) is 58.8 Å². The first kappa shape index (κ1) is 15.5. The Morgan fingerprint density at radius 2 is 1.91 bits per heavy atom. The van der Waals surface area contributed by atoms with Gasteiger partial charge in [-0.15, -0.1) is 0 Å². The quantitative estimate of drug-likeness (QED) is 0.598. The fourth-order valence-corrected chi connectivity index (χ4v) is 3.69. The molecular weight excluding hydrogens is 279 g/mol. The molecule has 3 rings (SSSR count). The summed E-state index contributed by atoms with van der Waals surface area (Å²) >= 11 is 0. The van der Waals surface area contributed by atoms with E-state index in [-0.39, 0.29) is 23.5 Å². The third-order valence-corrected chi connectivity index (χ3v) is 5.35. The van der Waals surface area contributed by atoms with Gasteiger partial charge < -0.3 is 4.74 Å². The van der Waals surface area contributed by atoms with Crippen molar-refractivity contribution >= 4 is 5.97 Å². The topological polar surface area (TPSA) is 26.3 Å². The highest BCUT2D eigenvalue weighted by molar-refractivity contribution is 5.77. The maximum atomic E-state index is 14.6. The first-order valence-electron chi connectivity index (χ1n) is 8.56. The van der Waals surface area contributed by atoms with Crippen LogP contribution in [0.25, 0.3) is 0 Å². The molecule has 1 saturated carbocycles. The molecule has 0 saturated heterocycles. The Balaban J connectivity index is 1.68. The monoisotopic (exact) mass is 304 g/mol. The van der Waals surface area contributed by atoms with Crippen LogP contribution in [0.2, 0.25) is 0 Å². The van der Waals surface area contributed by atoms with Crippen LogP contribution in [-0.2, 0) is 17.6 Å². The molecule has 0 N–H and O–H groups in total. The number of carbonyl (C=O) groups excluding carboxylic acids is 1. The SMILES string of the molecule is CC1CCC(CCc2ccc3c(c2F)OC(=O)C(C)C3)CC1. The summed E-state index contributed by atoms with van der Waals surface area (Å²) in [5, 5.41) is 0. The van der Waals surface area contributed by atoms with E-state index in [2.05, 4.69) is 6.92 Å². The van der Waals surface area contributed by atoms with E-state index in [1.165, 1.54) is 25.7 Å². The zero-order valence-corrected chi connectivity index (χ0v) is 13.5. The third-order valence-electron chi connectivity index (χ3n) is 5.35. The number of fused-ring (bicyclic) bond motifs is 1. The molecule has 2 nitrogen and oxygen atoms in total. The highest BCUT2D eigenvalue weighted by Crippen LogP contribution is 2.35. The summed E-state index contributed by atoms with van der Waals surface area (Å²) in [5.41, 5.74) is 1.51. The van der Waals surface area contributed by atoms with Gasteiger partial charge in [0.1, 0.15) is 0 Å². The van der Waals surface area contributed by atoms with Crippen molar-refractivity contribution in [2.75, 3.05) is 0 Å². The van der Waals surface area contributed by atoms with E-state index in [1.54, 1.807) is 0 Å². The molecule has 22 heavy (non-hydrogen) atoms. The van der Waals surface area contributed by atoms with Gasteiger partial charge in [-0.25, -0.2) is 4.39 Å². The highest BCUT2D eigenvalue weighted by Gasteiger charge is 2.28. The number of benzene rings is 1. The maximum absolute atomic E-state index is 14.6. The molecule has 0 spiro atoms. The summed E-state index contributed by atoms with van der Waals surface area (Å²) in [6.45, 7) is 4.13. The molecule has 2 aliphatic rings. The van der Waals surface area contributed by atoms with Crippen molar-refractivity contribution < 1.29 is 13.9 Å². The van der Waals surface area contributed by atoms with Gasteiger partial charge in [0.2, 0.25) is 0 Å². The summed E-state index contributed by atoms with van der Waals surface area (Å²) in [6.07, 6.45) is 7.48. The Morgan fingerprint density at radius 3 is 2.64 bits per heavy atom.